The Morgan fingerprint density at radius 1 is 1.38 bits per heavy atom. The van der Waals surface area contributed by atoms with Crippen molar-refractivity contribution in [2.24, 2.45) is 5.92 Å². The molecule has 2 nitrogen and oxygen atoms in total. The normalized spacial score (nSPS) is 13.5. The second kappa shape index (κ2) is 4.69. The quantitative estimate of drug-likeness (QED) is 0.849. The van der Waals surface area contributed by atoms with Crippen LogP contribution in [0, 0.1) is 5.92 Å². The molecule has 0 radical (unpaired) electrons. The van der Waals surface area contributed by atoms with Gasteiger partial charge >= 0.3 is 5.97 Å². The van der Waals surface area contributed by atoms with Gasteiger partial charge in [-0.25, -0.2) is 0 Å². The molecule has 0 spiro atoms. The van der Waals surface area contributed by atoms with Gasteiger partial charge in [-0.2, -0.15) is 0 Å². The number of rotatable bonds is 3. The number of aliphatic carboxylic acids is 1. The zero-order valence-electron chi connectivity index (χ0n) is 10.4. The summed E-state index contributed by atoms with van der Waals surface area (Å²) in [5.41, 5.74) is 2.47. The van der Waals surface area contributed by atoms with Crippen LogP contribution in [-0.2, 0) is 16.6 Å². The largest absolute Gasteiger partial charge is 0.481 e. The summed E-state index contributed by atoms with van der Waals surface area (Å²) in [6.07, 6.45) is 0.596. The molecule has 0 amide bonds. The van der Waals surface area contributed by atoms with Crippen molar-refractivity contribution in [1.29, 1.82) is 0 Å². The molecule has 1 unspecified atom stereocenters. The highest BCUT2D eigenvalue weighted by Crippen LogP contribution is 2.23. The van der Waals surface area contributed by atoms with Crippen LogP contribution in [0.3, 0.4) is 0 Å². The van der Waals surface area contributed by atoms with E-state index in [2.05, 4.69) is 32.9 Å². The molecule has 0 aliphatic carbocycles. The van der Waals surface area contributed by atoms with Gasteiger partial charge in [-0.1, -0.05) is 52.0 Å². The van der Waals surface area contributed by atoms with E-state index in [1.54, 1.807) is 6.92 Å². The fourth-order valence-corrected chi connectivity index (χ4v) is 1.61. The first kappa shape index (κ1) is 12.8. The van der Waals surface area contributed by atoms with Crippen molar-refractivity contribution in [3.63, 3.8) is 0 Å². The Morgan fingerprint density at radius 3 is 2.50 bits per heavy atom. The van der Waals surface area contributed by atoms with E-state index in [4.69, 9.17) is 5.11 Å². The van der Waals surface area contributed by atoms with Crippen LogP contribution < -0.4 is 0 Å². The van der Waals surface area contributed by atoms with Crippen molar-refractivity contribution in [2.75, 3.05) is 0 Å². The van der Waals surface area contributed by atoms with Crippen LogP contribution in [0.15, 0.2) is 24.3 Å². The second-order valence-corrected chi connectivity index (χ2v) is 5.39. The summed E-state index contributed by atoms with van der Waals surface area (Å²) < 4.78 is 0. The fraction of sp³-hybridized carbons (Fsp3) is 0.500. The third kappa shape index (κ3) is 3.37. The van der Waals surface area contributed by atoms with Crippen molar-refractivity contribution in [2.45, 2.75) is 39.5 Å². The SMILES string of the molecule is CC(Cc1cccc(C(C)(C)C)c1)C(=O)O. The molecule has 0 saturated carbocycles. The third-order valence-corrected chi connectivity index (χ3v) is 2.76. The standard InChI is InChI=1S/C14H20O2/c1-10(13(15)16)8-11-6-5-7-12(9-11)14(2,3)4/h5-7,9-10H,8H2,1-4H3,(H,15,16). The Balaban J connectivity index is 2.87. The van der Waals surface area contributed by atoms with Gasteiger partial charge in [-0.3, -0.25) is 4.79 Å². The van der Waals surface area contributed by atoms with Gasteiger partial charge in [0, 0.05) is 0 Å². The minimum Gasteiger partial charge on any atom is -0.481 e. The molecule has 1 atom stereocenters. The van der Waals surface area contributed by atoms with Gasteiger partial charge < -0.3 is 5.11 Å². The minimum absolute atomic E-state index is 0.114. The van der Waals surface area contributed by atoms with Crippen LogP contribution in [-0.4, -0.2) is 11.1 Å². The average molecular weight is 220 g/mol. The first-order valence-corrected chi connectivity index (χ1v) is 5.63. The maximum Gasteiger partial charge on any atom is 0.306 e. The summed E-state index contributed by atoms with van der Waals surface area (Å²) in [6, 6.07) is 8.20. The summed E-state index contributed by atoms with van der Waals surface area (Å²) in [5.74, 6) is -1.06. The number of benzene rings is 1. The van der Waals surface area contributed by atoms with Crippen molar-refractivity contribution in [3.05, 3.63) is 35.4 Å². The molecule has 1 aromatic rings. The molecule has 0 aliphatic heterocycles. The summed E-state index contributed by atoms with van der Waals surface area (Å²) in [5, 5.41) is 8.87. The maximum atomic E-state index is 10.8. The smallest absolute Gasteiger partial charge is 0.306 e. The number of carbonyl (C=O) groups is 1. The van der Waals surface area contributed by atoms with Crippen molar-refractivity contribution < 1.29 is 9.90 Å². The van der Waals surface area contributed by atoms with Gasteiger partial charge in [0.2, 0.25) is 0 Å². The molecular formula is C14H20O2. The summed E-state index contributed by atoms with van der Waals surface area (Å²) in [7, 11) is 0. The van der Waals surface area contributed by atoms with Gasteiger partial charge in [-0.05, 0) is 23.0 Å². The highest BCUT2D eigenvalue weighted by Gasteiger charge is 2.16. The van der Waals surface area contributed by atoms with E-state index in [9.17, 15) is 4.79 Å². The number of carboxylic acid groups (broad SMARTS) is 1. The number of hydrogen-bond acceptors (Lipinski definition) is 1. The van der Waals surface area contributed by atoms with Crippen LogP contribution in [0.25, 0.3) is 0 Å². The zero-order valence-corrected chi connectivity index (χ0v) is 10.4. The molecule has 0 aliphatic rings. The van der Waals surface area contributed by atoms with Gasteiger partial charge in [-0.15, -0.1) is 0 Å². The van der Waals surface area contributed by atoms with Crippen molar-refractivity contribution in [1.82, 2.24) is 0 Å². The first-order chi connectivity index (χ1) is 7.30. The Bertz CT molecular complexity index is 375. The lowest BCUT2D eigenvalue weighted by molar-refractivity contribution is -0.141. The number of carboxylic acids is 1. The highest BCUT2D eigenvalue weighted by atomic mass is 16.4. The predicted molar refractivity (Wildman–Crippen MR) is 65.6 cm³/mol. The Kier molecular flexibility index (Phi) is 3.74. The lowest BCUT2D eigenvalue weighted by Gasteiger charge is -2.20. The molecule has 1 N–H and O–H groups in total. The molecule has 0 heterocycles. The molecule has 16 heavy (non-hydrogen) atoms. The van der Waals surface area contributed by atoms with E-state index in [0.29, 0.717) is 6.42 Å². The van der Waals surface area contributed by atoms with E-state index in [1.165, 1.54) is 5.56 Å². The Morgan fingerprint density at radius 2 is 2.00 bits per heavy atom. The topological polar surface area (TPSA) is 37.3 Å². The van der Waals surface area contributed by atoms with E-state index in [-0.39, 0.29) is 11.3 Å². The van der Waals surface area contributed by atoms with Gasteiger partial charge in [0.25, 0.3) is 0 Å². The summed E-state index contributed by atoms with van der Waals surface area (Å²) in [4.78, 5) is 10.8. The molecule has 0 aromatic heterocycles. The van der Waals surface area contributed by atoms with Crippen LogP contribution in [0.5, 0.6) is 0 Å². The molecule has 1 aromatic carbocycles. The number of hydrogen-bond donors (Lipinski definition) is 1. The van der Waals surface area contributed by atoms with E-state index in [0.717, 1.165) is 5.56 Å². The maximum absolute atomic E-state index is 10.8. The molecule has 2 heteroatoms. The van der Waals surface area contributed by atoms with Gasteiger partial charge in [0.15, 0.2) is 0 Å². The lowest BCUT2D eigenvalue weighted by atomic mass is 9.85. The Labute approximate surface area is 97.3 Å². The molecular weight excluding hydrogens is 200 g/mol. The molecule has 0 fully saturated rings. The predicted octanol–water partition coefficient (Wildman–Crippen LogP) is 3.25. The van der Waals surface area contributed by atoms with Crippen LogP contribution in [0.2, 0.25) is 0 Å². The van der Waals surface area contributed by atoms with Gasteiger partial charge in [0.1, 0.15) is 0 Å². The molecule has 1 rings (SSSR count). The Hall–Kier alpha value is -1.31. The van der Waals surface area contributed by atoms with E-state index >= 15 is 0 Å². The van der Waals surface area contributed by atoms with Crippen LogP contribution in [0.1, 0.15) is 38.8 Å². The van der Waals surface area contributed by atoms with E-state index < -0.39 is 5.97 Å². The fourth-order valence-electron chi connectivity index (χ4n) is 1.61. The summed E-state index contributed by atoms with van der Waals surface area (Å²) >= 11 is 0. The van der Waals surface area contributed by atoms with Crippen molar-refractivity contribution in [3.8, 4) is 0 Å². The average Bonchev–Trinajstić information content (AvgIpc) is 2.16. The van der Waals surface area contributed by atoms with Crippen LogP contribution >= 0.6 is 0 Å². The third-order valence-electron chi connectivity index (χ3n) is 2.76. The zero-order chi connectivity index (χ0) is 12.3. The lowest BCUT2D eigenvalue weighted by Crippen LogP contribution is -2.14. The van der Waals surface area contributed by atoms with Crippen molar-refractivity contribution >= 4 is 5.97 Å². The van der Waals surface area contributed by atoms with E-state index in [1.807, 2.05) is 12.1 Å². The minimum atomic E-state index is -0.735. The van der Waals surface area contributed by atoms with Crippen LogP contribution in [0.4, 0.5) is 0 Å². The summed E-state index contributed by atoms with van der Waals surface area (Å²) in [6.45, 7) is 8.22. The molecule has 0 saturated heterocycles. The second-order valence-electron chi connectivity index (χ2n) is 5.39. The van der Waals surface area contributed by atoms with Gasteiger partial charge in [0.05, 0.1) is 5.92 Å². The monoisotopic (exact) mass is 220 g/mol. The highest BCUT2D eigenvalue weighted by molar-refractivity contribution is 5.69. The molecule has 88 valence electrons. The molecule has 0 bridgehead atoms. The first-order valence-electron chi connectivity index (χ1n) is 5.63.